The molecule has 0 saturated heterocycles. The Morgan fingerprint density at radius 2 is 2.05 bits per heavy atom. The lowest BCUT2D eigenvalue weighted by atomic mass is 10.0. The highest BCUT2D eigenvalue weighted by Crippen LogP contribution is 2.22. The van der Waals surface area contributed by atoms with Crippen LogP contribution in [0.3, 0.4) is 0 Å². The van der Waals surface area contributed by atoms with E-state index in [1.165, 1.54) is 18.2 Å². The van der Waals surface area contributed by atoms with Crippen molar-refractivity contribution >= 4 is 15.7 Å². The summed E-state index contributed by atoms with van der Waals surface area (Å²) in [5, 5.41) is 8.74. The quantitative estimate of drug-likeness (QED) is 0.807. The number of nitrogens with one attached hydrogen (secondary N) is 1. The molecule has 0 aliphatic heterocycles. The number of nitrogens with zero attached hydrogens (tertiary/aromatic N) is 1. The fourth-order valence-electron chi connectivity index (χ4n) is 1.96. The predicted octanol–water partition coefficient (Wildman–Crippen LogP) is 2.00. The minimum Gasteiger partial charge on any atom is -0.398 e. The molecule has 0 aliphatic carbocycles. The van der Waals surface area contributed by atoms with Crippen molar-refractivity contribution in [2.45, 2.75) is 44.0 Å². The van der Waals surface area contributed by atoms with Gasteiger partial charge in [-0.1, -0.05) is 13.3 Å². The van der Waals surface area contributed by atoms with Gasteiger partial charge in [0.2, 0.25) is 10.0 Å². The molecule has 104 valence electrons. The zero-order valence-corrected chi connectivity index (χ0v) is 12.2. The maximum absolute atomic E-state index is 12.3. The van der Waals surface area contributed by atoms with Crippen LogP contribution in [0.4, 0.5) is 5.69 Å². The lowest BCUT2D eigenvalue weighted by Gasteiger charge is -2.25. The average Bonchev–Trinajstić information content (AvgIpc) is 2.26. The fourth-order valence-corrected chi connectivity index (χ4v) is 3.51. The van der Waals surface area contributed by atoms with Crippen molar-refractivity contribution in [3.05, 3.63) is 23.8 Å². The summed E-state index contributed by atoms with van der Waals surface area (Å²) in [5.41, 5.74) is 5.59. The van der Waals surface area contributed by atoms with Crippen molar-refractivity contribution in [3.8, 4) is 6.07 Å². The maximum atomic E-state index is 12.3. The number of hydrogen-bond acceptors (Lipinski definition) is 4. The predicted molar refractivity (Wildman–Crippen MR) is 74.9 cm³/mol. The first kappa shape index (κ1) is 15.5. The largest absolute Gasteiger partial charge is 0.398 e. The van der Waals surface area contributed by atoms with Gasteiger partial charge in [-0.15, -0.1) is 0 Å². The van der Waals surface area contributed by atoms with E-state index in [1.807, 2.05) is 26.8 Å². The molecule has 0 aromatic heterocycles. The molecule has 0 fully saturated rings. The molecule has 0 unspecified atom stereocenters. The van der Waals surface area contributed by atoms with Crippen molar-refractivity contribution in [1.29, 1.82) is 5.26 Å². The van der Waals surface area contributed by atoms with Crippen molar-refractivity contribution < 1.29 is 8.42 Å². The third kappa shape index (κ3) is 3.94. The van der Waals surface area contributed by atoms with E-state index in [2.05, 4.69) is 4.72 Å². The van der Waals surface area contributed by atoms with Gasteiger partial charge in [-0.2, -0.15) is 5.26 Å². The van der Waals surface area contributed by atoms with E-state index in [4.69, 9.17) is 11.0 Å². The Bertz CT molecular complexity index is 601. The monoisotopic (exact) mass is 281 g/mol. The molecule has 0 saturated carbocycles. The topological polar surface area (TPSA) is 96.0 Å². The van der Waals surface area contributed by atoms with Gasteiger partial charge in [-0.05, 0) is 38.5 Å². The van der Waals surface area contributed by atoms with Crippen molar-refractivity contribution in [2.24, 2.45) is 0 Å². The molecule has 3 N–H and O–H groups in total. The Hall–Kier alpha value is -1.58. The molecular formula is C13H19N3O2S. The summed E-state index contributed by atoms with van der Waals surface area (Å²) in [7, 11) is -3.68. The van der Waals surface area contributed by atoms with E-state index in [0.29, 0.717) is 5.56 Å². The van der Waals surface area contributed by atoms with Gasteiger partial charge in [-0.25, -0.2) is 13.1 Å². The number of nitrogen functional groups attached to an aromatic ring is 1. The van der Waals surface area contributed by atoms with E-state index in [0.717, 1.165) is 12.8 Å². The van der Waals surface area contributed by atoms with E-state index in [1.54, 1.807) is 0 Å². The zero-order valence-electron chi connectivity index (χ0n) is 11.4. The molecule has 0 aliphatic rings. The molecule has 0 atom stereocenters. The van der Waals surface area contributed by atoms with Crippen molar-refractivity contribution in [3.63, 3.8) is 0 Å². The smallest absolute Gasteiger partial charge is 0.243 e. The van der Waals surface area contributed by atoms with Crippen LogP contribution in [-0.2, 0) is 10.0 Å². The molecule has 0 heterocycles. The molecule has 1 rings (SSSR count). The lowest BCUT2D eigenvalue weighted by Crippen LogP contribution is -2.43. The zero-order chi connectivity index (χ0) is 14.7. The van der Waals surface area contributed by atoms with Gasteiger partial charge in [0.25, 0.3) is 0 Å². The highest BCUT2D eigenvalue weighted by atomic mass is 32.2. The van der Waals surface area contributed by atoms with Crippen molar-refractivity contribution in [2.75, 3.05) is 5.73 Å². The van der Waals surface area contributed by atoms with Gasteiger partial charge >= 0.3 is 0 Å². The molecule has 0 radical (unpaired) electrons. The van der Waals surface area contributed by atoms with Gasteiger partial charge in [0.05, 0.1) is 17.3 Å². The SMILES string of the molecule is CCCC(C)(C)NS(=O)(=O)c1ccc(C#N)cc1N. The molecule has 0 bridgehead atoms. The molecule has 0 spiro atoms. The molecular weight excluding hydrogens is 262 g/mol. The van der Waals surface area contributed by atoms with Gasteiger partial charge in [0, 0.05) is 5.54 Å². The number of rotatable bonds is 5. The Morgan fingerprint density at radius 3 is 2.53 bits per heavy atom. The summed E-state index contributed by atoms with van der Waals surface area (Å²) in [6.45, 7) is 5.65. The number of nitrogens with two attached hydrogens (primary N) is 1. The number of anilines is 1. The fraction of sp³-hybridized carbons (Fsp3) is 0.462. The first-order valence-corrected chi connectivity index (χ1v) is 7.54. The van der Waals surface area contributed by atoms with Crippen LogP contribution in [0.15, 0.2) is 23.1 Å². The van der Waals surface area contributed by atoms with E-state index in [-0.39, 0.29) is 10.6 Å². The standard InChI is InChI=1S/C13H19N3O2S/c1-4-7-13(2,3)16-19(17,18)12-6-5-10(9-14)8-11(12)15/h5-6,8,16H,4,7,15H2,1-3H3. The van der Waals surface area contributed by atoms with Gasteiger partial charge in [0.15, 0.2) is 0 Å². The summed E-state index contributed by atoms with van der Waals surface area (Å²) in [6, 6.07) is 6.08. The maximum Gasteiger partial charge on any atom is 0.243 e. The number of sulfonamides is 1. The van der Waals surface area contributed by atoms with Crippen LogP contribution in [0, 0.1) is 11.3 Å². The summed E-state index contributed by atoms with van der Waals surface area (Å²) < 4.78 is 27.2. The van der Waals surface area contributed by atoms with Crippen LogP contribution in [0.2, 0.25) is 0 Å². The van der Waals surface area contributed by atoms with Crippen LogP contribution < -0.4 is 10.5 Å². The second-order valence-corrected chi connectivity index (χ2v) is 6.75. The van der Waals surface area contributed by atoms with Gasteiger partial charge < -0.3 is 5.73 Å². The van der Waals surface area contributed by atoms with E-state index < -0.39 is 15.6 Å². The first-order chi connectivity index (χ1) is 8.72. The lowest BCUT2D eigenvalue weighted by molar-refractivity contribution is 0.418. The second kappa shape index (κ2) is 5.59. The third-order valence-corrected chi connectivity index (χ3v) is 4.49. The highest BCUT2D eigenvalue weighted by molar-refractivity contribution is 7.89. The Kier molecular flexibility index (Phi) is 4.56. The minimum atomic E-state index is -3.68. The Labute approximate surface area is 114 Å². The Balaban J connectivity index is 3.12. The van der Waals surface area contributed by atoms with Crippen LogP contribution in [-0.4, -0.2) is 14.0 Å². The molecule has 1 aromatic carbocycles. The molecule has 19 heavy (non-hydrogen) atoms. The number of benzene rings is 1. The number of hydrogen-bond donors (Lipinski definition) is 2. The molecule has 0 amide bonds. The van der Waals surface area contributed by atoms with Gasteiger partial charge in [0.1, 0.15) is 4.90 Å². The summed E-state index contributed by atoms with van der Waals surface area (Å²) >= 11 is 0. The van der Waals surface area contributed by atoms with Crippen LogP contribution >= 0.6 is 0 Å². The normalized spacial score (nSPS) is 12.1. The van der Waals surface area contributed by atoms with Gasteiger partial charge in [-0.3, -0.25) is 0 Å². The summed E-state index contributed by atoms with van der Waals surface area (Å²) in [4.78, 5) is 0.00989. The summed E-state index contributed by atoms with van der Waals surface area (Å²) in [5.74, 6) is 0. The van der Waals surface area contributed by atoms with Crippen LogP contribution in [0.5, 0.6) is 0 Å². The average molecular weight is 281 g/mol. The first-order valence-electron chi connectivity index (χ1n) is 6.05. The summed E-state index contributed by atoms with van der Waals surface area (Å²) in [6.07, 6.45) is 1.60. The molecule has 5 nitrogen and oxygen atoms in total. The Morgan fingerprint density at radius 1 is 1.42 bits per heavy atom. The molecule has 1 aromatic rings. The van der Waals surface area contributed by atoms with Crippen LogP contribution in [0.25, 0.3) is 0 Å². The van der Waals surface area contributed by atoms with E-state index >= 15 is 0 Å². The third-order valence-electron chi connectivity index (χ3n) is 2.71. The highest BCUT2D eigenvalue weighted by Gasteiger charge is 2.26. The number of nitriles is 1. The minimum absolute atomic E-state index is 0.00989. The van der Waals surface area contributed by atoms with Crippen molar-refractivity contribution in [1.82, 2.24) is 4.72 Å². The second-order valence-electron chi connectivity index (χ2n) is 5.10. The van der Waals surface area contributed by atoms with E-state index in [9.17, 15) is 8.42 Å². The van der Waals surface area contributed by atoms with Crippen LogP contribution in [0.1, 0.15) is 39.2 Å². The molecule has 6 heteroatoms.